The smallest absolute Gasteiger partial charge is 0.261 e. The lowest BCUT2D eigenvalue weighted by Crippen LogP contribution is -2.24. The molecule has 0 fully saturated rings. The predicted molar refractivity (Wildman–Crippen MR) is 78.4 cm³/mol. The molecule has 1 aromatic heterocycles. The van der Waals surface area contributed by atoms with E-state index in [-0.39, 0.29) is 5.91 Å². The molecule has 0 saturated carbocycles. The number of methoxy groups -OCH3 is 1. The zero-order valence-electron chi connectivity index (χ0n) is 10.5. The van der Waals surface area contributed by atoms with E-state index in [1.165, 1.54) is 11.3 Å². The Balaban J connectivity index is 1.84. The standard InChI is InChI=1S/C14H14ClNO2S/c1-18-11-4-2-3-10(9-11)7-8-16-14(17)12-5-6-13(15)19-12/h2-6,9H,7-8H2,1H3,(H,16,17). The van der Waals surface area contributed by atoms with Crippen LogP contribution in [0.4, 0.5) is 0 Å². The van der Waals surface area contributed by atoms with Crippen molar-refractivity contribution in [2.24, 2.45) is 0 Å². The second-order valence-electron chi connectivity index (χ2n) is 3.96. The number of carbonyl (C=O) groups is 1. The minimum Gasteiger partial charge on any atom is -0.497 e. The molecule has 0 radical (unpaired) electrons. The van der Waals surface area contributed by atoms with E-state index in [1.54, 1.807) is 19.2 Å². The van der Waals surface area contributed by atoms with E-state index in [4.69, 9.17) is 16.3 Å². The highest BCUT2D eigenvalue weighted by Gasteiger charge is 2.07. The highest BCUT2D eigenvalue weighted by atomic mass is 35.5. The van der Waals surface area contributed by atoms with Crippen LogP contribution >= 0.6 is 22.9 Å². The second-order valence-corrected chi connectivity index (χ2v) is 5.68. The summed E-state index contributed by atoms with van der Waals surface area (Å²) in [5.74, 6) is 0.744. The molecule has 0 spiro atoms. The van der Waals surface area contributed by atoms with E-state index in [1.807, 2.05) is 24.3 Å². The maximum atomic E-state index is 11.8. The van der Waals surface area contributed by atoms with E-state index in [0.717, 1.165) is 17.7 Å². The molecule has 1 N–H and O–H groups in total. The van der Waals surface area contributed by atoms with Crippen LogP contribution in [0.2, 0.25) is 4.34 Å². The topological polar surface area (TPSA) is 38.3 Å². The second kappa shape index (κ2) is 6.59. The maximum Gasteiger partial charge on any atom is 0.261 e. The molecule has 2 rings (SSSR count). The zero-order valence-corrected chi connectivity index (χ0v) is 12.1. The molecule has 1 heterocycles. The summed E-state index contributed by atoms with van der Waals surface area (Å²) in [6.45, 7) is 0.585. The highest BCUT2D eigenvalue weighted by molar-refractivity contribution is 7.17. The highest BCUT2D eigenvalue weighted by Crippen LogP contribution is 2.21. The summed E-state index contributed by atoms with van der Waals surface area (Å²) in [5.41, 5.74) is 1.13. The number of hydrogen-bond donors (Lipinski definition) is 1. The minimum atomic E-state index is -0.0835. The van der Waals surface area contributed by atoms with Crippen LogP contribution in [0.15, 0.2) is 36.4 Å². The quantitative estimate of drug-likeness (QED) is 0.918. The van der Waals surface area contributed by atoms with Gasteiger partial charge in [-0.15, -0.1) is 11.3 Å². The van der Waals surface area contributed by atoms with E-state index in [2.05, 4.69) is 5.32 Å². The van der Waals surface area contributed by atoms with Gasteiger partial charge in [0.2, 0.25) is 0 Å². The van der Waals surface area contributed by atoms with Crippen LogP contribution in [-0.4, -0.2) is 19.6 Å². The number of thiophene rings is 1. The Morgan fingerprint density at radius 3 is 2.89 bits per heavy atom. The van der Waals surface area contributed by atoms with Crippen molar-refractivity contribution >= 4 is 28.8 Å². The molecule has 0 unspecified atom stereocenters. The molecule has 1 aromatic carbocycles. The first-order chi connectivity index (χ1) is 9.19. The molecule has 0 atom stereocenters. The number of benzene rings is 1. The van der Waals surface area contributed by atoms with Crippen molar-refractivity contribution in [3.05, 3.63) is 51.2 Å². The SMILES string of the molecule is COc1cccc(CCNC(=O)c2ccc(Cl)s2)c1. The number of hydrogen-bond acceptors (Lipinski definition) is 3. The van der Waals surface area contributed by atoms with E-state index in [0.29, 0.717) is 15.8 Å². The van der Waals surface area contributed by atoms with Crippen molar-refractivity contribution in [1.82, 2.24) is 5.32 Å². The fourth-order valence-corrected chi connectivity index (χ4v) is 2.63. The van der Waals surface area contributed by atoms with Crippen LogP contribution in [-0.2, 0) is 6.42 Å². The molecule has 0 aliphatic heterocycles. The molecule has 0 bridgehead atoms. The largest absolute Gasteiger partial charge is 0.497 e. The molecule has 3 nitrogen and oxygen atoms in total. The van der Waals surface area contributed by atoms with E-state index >= 15 is 0 Å². The molecular weight excluding hydrogens is 282 g/mol. The molecule has 0 saturated heterocycles. The molecule has 0 aliphatic rings. The third-order valence-corrected chi connectivity index (χ3v) is 3.86. The van der Waals surface area contributed by atoms with Gasteiger partial charge >= 0.3 is 0 Å². The van der Waals surface area contributed by atoms with Gasteiger partial charge in [-0.05, 0) is 36.2 Å². The van der Waals surface area contributed by atoms with Crippen LogP contribution in [0.25, 0.3) is 0 Å². The van der Waals surface area contributed by atoms with Gasteiger partial charge in [0.15, 0.2) is 0 Å². The molecule has 19 heavy (non-hydrogen) atoms. The zero-order chi connectivity index (χ0) is 13.7. The summed E-state index contributed by atoms with van der Waals surface area (Å²) in [7, 11) is 1.64. The third-order valence-electron chi connectivity index (χ3n) is 2.63. The van der Waals surface area contributed by atoms with Crippen molar-refractivity contribution in [2.45, 2.75) is 6.42 Å². The van der Waals surface area contributed by atoms with Gasteiger partial charge in [-0.3, -0.25) is 4.79 Å². The van der Waals surface area contributed by atoms with E-state index < -0.39 is 0 Å². The summed E-state index contributed by atoms with van der Waals surface area (Å²) in [4.78, 5) is 12.4. The molecular formula is C14H14ClNO2S. The summed E-state index contributed by atoms with van der Waals surface area (Å²) < 4.78 is 5.78. The van der Waals surface area contributed by atoms with Crippen molar-refractivity contribution < 1.29 is 9.53 Å². The fraction of sp³-hybridized carbons (Fsp3) is 0.214. The van der Waals surface area contributed by atoms with Gasteiger partial charge < -0.3 is 10.1 Å². The number of carbonyl (C=O) groups excluding carboxylic acids is 1. The lowest BCUT2D eigenvalue weighted by molar-refractivity contribution is 0.0958. The number of nitrogens with one attached hydrogen (secondary N) is 1. The normalized spacial score (nSPS) is 10.2. The average molecular weight is 296 g/mol. The number of amides is 1. The molecule has 100 valence electrons. The summed E-state index contributed by atoms with van der Waals surface area (Å²) in [6.07, 6.45) is 0.766. The molecule has 0 aliphatic carbocycles. The first-order valence-corrected chi connectivity index (χ1v) is 7.05. The fourth-order valence-electron chi connectivity index (χ4n) is 1.67. The maximum absolute atomic E-state index is 11.8. The molecule has 2 aromatic rings. The van der Waals surface area contributed by atoms with Crippen molar-refractivity contribution in [3.8, 4) is 5.75 Å². The summed E-state index contributed by atoms with van der Waals surface area (Å²) >= 11 is 7.07. The predicted octanol–water partition coefficient (Wildman–Crippen LogP) is 3.38. The van der Waals surface area contributed by atoms with Gasteiger partial charge in [-0.2, -0.15) is 0 Å². The monoisotopic (exact) mass is 295 g/mol. The van der Waals surface area contributed by atoms with Crippen molar-refractivity contribution in [3.63, 3.8) is 0 Å². The van der Waals surface area contributed by atoms with Gasteiger partial charge in [0.1, 0.15) is 5.75 Å². The summed E-state index contributed by atoms with van der Waals surface area (Å²) in [5, 5.41) is 2.87. The first kappa shape index (κ1) is 13.9. The minimum absolute atomic E-state index is 0.0835. The van der Waals surface area contributed by atoms with Crippen LogP contribution in [0.5, 0.6) is 5.75 Å². The lowest BCUT2D eigenvalue weighted by Gasteiger charge is -2.05. The van der Waals surface area contributed by atoms with Crippen LogP contribution in [0, 0.1) is 0 Å². The van der Waals surface area contributed by atoms with Crippen LogP contribution in [0.3, 0.4) is 0 Å². The third kappa shape index (κ3) is 3.98. The average Bonchev–Trinajstić information content (AvgIpc) is 2.86. The van der Waals surface area contributed by atoms with Crippen molar-refractivity contribution in [2.75, 3.05) is 13.7 Å². The first-order valence-electron chi connectivity index (χ1n) is 5.85. The van der Waals surface area contributed by atoms with Gasteiger partial charge in [-0.25, -0.2) is 0 Å². The molecule has 5 heteroatoms. The number of ether oxygens (including phenoxy) is 1. The van der Waals surface area contributed by atoms with E-state index in [9.17, 15) is 4.79 Å². The van der Waals surface area contributed by atoms with Crippen LogP contribution in [0.1, 0.15) is 15.2 Å². The Labute approximate surface area is 121 Å². The van der Waals surface area contributed by atoms with Gasteiger partial charge in [0.25, 0.3) is 5.91 Å². The Hall–Kier alpha value is -1.52. The Bertz CT molecular complexity index is 568. The Morgan fingerprint density at radius 2 is 2.21 bits per heavy atom. The number of halogens is 1. The van der Waals surface area contributed by atoms with Gasteiger partial charge in [-0.1, -0.05) is 23.7 Å². The van der Waals surface area contributed by atoms with Crippen LogP contribution < -0.4 is 10.1 Å². The Morgan fingerprint density at radius 1 is 1.37 bits per heavy atom. The summed E-state index contributed by atoms with van der Waals surface area (Å²) in [6, 6.07) is 11.3. The van der Waals surface area contributed by atoms with Crippen molar-refractivity contribution in [1.29, 1.82) is 0 Å². The number of rotatable bonds is 5. The Kier molecular flexibility index (Phi) is 4.82. The van der Waals surface area contributed by atoms with Gasteiger partial charge in [0, 0.05) is 6.54 Å². The van der Waals surface area contributed by atoms with Gasteiger partial charge in [0.05, 0.1) is 16.3 Å². The lowest BCUT2D eigenvalue weighted by atomic mass is 10.1. The molecule has 1 amide bonds.